The Hall–Kier alpha value is -1.65. The third-order valence-electron chi connectivity index (χ3n) is 2.30. The molecule has 0 bridgehead atoms. The fourth-order valence-electron chi connectivity index (χ4n) is 1.65. The first-order chi connectivity index (χ1) is 6.77. The molecule has 3 rings (SSSR count). The fraction of sp³-hybridized carbons (Fsp3) is 0. The van der Waals surface area contributed by atoms with Gasteiger partial charge in [-0.2, -0.15) is 0 Å². The molecule has 0 radical (unpaired) electrons. The van der Waals surface area contributed by atoms with Gasteiger partial charge < -0.3 is 0 Å². The summed E-state index contributed by atoms with van der Waals surface area (Å²) < 4.78 is 26.8. The first-order valence-electron chi connectivity index (χ1n) is 4.09. The summed E-state index contributed by atoms with van der Waals surface area (Å²) in [6, 6.07) is 1.68. The second kappa shape index (κ2) is 2.44. The maximum absolute atomic E-state index is 13.7. The van der Waals surface area contributed by atoms with Crippen LogP contribution in [0.3, 0.4) is 0 Å². The quantitative estimate of drug-likeness (QED) is 0.511. The van der Waals surface area contributed by atoms with E-state index in [2.05, 4.69) is 10.1 Å². The van der Waals surface area contributed by atoms with E-state index in [0.29, 0.717) is 10.7 Å². The van der Waals surface area contributed by atoms with Crippen molar-refractivity contribution in [2.75, 3.05) is 0 Å². The molecule has 0 saturated carbocycles. The number of hydrogen-bond donors (Lipinski definition) is 0. The van der Waals surface area contributed by atoms with Gasteiger partial charge in [-0.1, -0.05) is 0 Å². The van der Waals surface area contributed by atoms with Gasteiger partial charge in [0.1, 0.15) is 0 Å². The Labute approximate surface area is 78.2 Å². The molecule has 0 N–H and O–H groups in total. The van der Waals surface area contributed by atoms with Crippen molar-refractivity contribution < 1.29 is 8.78 Å². The molecule has 14 heavy (non-hydrogen) atoms. The Bertz CT molecular complexity index is 617. The zero-order valence-electron chi connectivity index (χ0n) is 6.96. The molecule has 1 aliphatic carbocycles. The van der Waals surface area contributed by atoms with E-state index in [1.54, 1.807) is 12.1 Å². The summed E-state index contributed by atoms with van der Waals surface area (Å²) in [5.41, 5.74) is 0.596. The predicted octanol–water partition coefficient (Wildman–Crippen LogP) is -0.00850. The van der Waals surface area contributed by atoms with E-state index in [1.165, 1.54) is 13.1 Å². The Morgan fingerprint density at radius 3 is 2.93 bits per heavy atom. The second-order valence-corrected chi connectivity index (χ2v) is 3.12. The third-order valence-corrected chi connectivity index (χ3v) is 2.30. The van der Waals surface area contributed by atoms with Crippen molar-refractivity contribution in [3.05, 3.63) is 34.1 Å². The van der Waals surface area contributed by atoms with E-state index in [4.69, 9.17) is 0 Å². The van der Waals surface area contributed by atoms with Crippen molar-refractivity contribution in [2.24, 2.45) is 10.1 Å². The van der Waals surface area contributed by atoms with E-state index < -0.39 is 11.6 Å². The van der Waals surface area contributed by atoms with Crippen LogP contribution in [-0.4, -0.2) is 7.07 Å². The van der Waals surface area contributed by atoms with Gasteiger partial charge in [0.2, 0.25) is 0 Å². The number of hydrogen-bond acceptors (Lipinski definition) is 2. The molecule has 2 nitrogen and oxygen atoms in total. The van der Waals surface area contributed by atoms with Gasteiger partial charge >= 0.3 is 77.4 Å². The van der Waals surface area contributed by atoms with Crippen molar-refractivity contribution in [3.8, 4) is 0 Å². The first kappa shape index (κ1) is 7.73. The summed E-state index contributed by atoms with van der Waals surface area (Å²) in [7, 11) is 1.46. The van der Waals surface area contributed by atoms with E-state index in [1.807, 2.05) is 0 Å². The molecule has 0 aromatic heterocycles. The SMILES string of the molecule is FC1=CC=c2cc3c(c(F)c21)=NN=B3. The summed E-state index contributed by atoms with van der Waals surface area (Å²) in [5.74, 6) is -1.18. The first-order valence-corrected chi connectivity index (χ1v) is 4.09. The van der Waals surface area contributed by atoms with E-state index in [9.17, 15) is 8.78 Å². The minimum absolute atomic E-state index is 0.00185. The van der Waals surface area contributed by atoms with Gasteiger partial charge in [0.05, 0.1) is 0 Å². The predicted molar refractivity (Wildman–Crippen MR) is 48.5 cm³/mol. The molecule has 1 aliphatic heterocycles. The molecule has 0 fully saturated rings. The van der Waals surface area contributed by atoms with Gasteiger partial charge in [0.25, 0.3) is 0 Å². The molecular weight excluding hydrogens is 185 g/mol. The molecule has 0 spiro atoms. The zero-order valence-corrected chi connectivity index (χ0v) is 6.96. The molecular formula is C9H3BF2N2. The van der Waals surface area contributed by atoms with Gasteiger partial charge in [0, 0.05) is 0 Å². The van der Waals surface area contributed by atoms with Gasteiger partial charge in [-0.15, -0.1) is 0 Å². The molecule has 0 unspecified atom stereocenters. The molecule has 0 saturated heterocycles. The van der Waals surface area contributed by atoms with Crippen LogP contribution in [0, 0.1) is 5.82 Å². The van der Waals surface area contributed by atoms with Gasteiger partial charge in [-0.05, 0) is 0 Å². The maximum atomic E-state index is 13.7. The molecule has 0 amide bonds. The van der Waals surface area contributed by atoms with Crippen LogP contribution in [0.5, 0.6) is 0 Å². The van der Waals surface area contributed by atoms with Crippen LogP contribution < -0.4 is 16.0 Å². The van der Waals surface area contributed by atoms with Crippen LogP contribution in [0.4, 0.5) is 8.78 Å². The van der Waals surface area contributed by atoms with Crippen LogP contribution in [0.2, 0.25) is 0 Å². The molecule has 1 aromatic rings. The van der Waals surface area contributed by atoms with E-state index >= 15 is 0 Å². The van der Waals surface area contributed by atoms with Crippen molar-refractivity contribution >= 4 is 24.4 Å². The van der Waals surface area contributed by atoms with Crippen LogP contribution in [-0.2, 0) is 0 Å². The molecule has 66 valence electrons. The number of fused-ring (bicyclic) bond motifs is 2. The Morgan fingerprint density at radius 2 is 2.07 bits per heavy atom. The van der Waals surface area contributed by atoms with Crippen molar-refractivity contribution in [1.29, 1.82) is 0 Å². The molecule has 5 heteroatoms. The third kappa shape index (κ3) is 0.815. The Morgan fingerprint density at radius 1 is 1.21 bits per heavy atom. The number of nitrogens with zero attached hydrogens (tertiary/aromatic N) is 2. The molecule has 0 atom stereocenters. The summed E-state index contributed by atoms with van der Waals surface area (Å²) >= 11 is 0. The van der Waals surface area contributed by atoms with Gasteiger partial charge in [-0.3, -0.25) is 0 Å². The van der Waals surface area contributed by atoms with Crippen molar-refractivity contribution in [1.82, 2.24) is 0 Å². The Balaban J connectivity index is 2.51. The number of allylic oxidation sites excluding steroid dienone is 1. The number of rotatable bonds is 0. The van der Waals surface area contributed by atoms with Crippen LogP contribution >= 0.6 is 0 Å². The minimum atomic E-state index is -0.627. The van der Waals surface area contributed by atoms with Gasteiger partial charge in [0.15, 0.2) is 0 Å². The normalized spacial score (nSPS) is 15.1. The summed E-state index contributed by atoms with van der Waals surface area (Å²) in [4.78, 5) is 0. The monoisotopic (exact) mass is 188 g/mol. The Kier molecular flexibility index (Phi) is 1.35. The van der Waals surface area contributed by atoms with E-state index in [-0.39, 0.29) is 10.9 Å². The van der Waals surface area contributed by atoms with Crippen LogP contribution in [0.1, 0.15) is 5.56 Å². The standard InChI is InChI=1S/C9H3BF2N2/c11-6-2-1-4-3-5-9(13-14-10-5)8(12)7(4)6/h1-3H. The van der Waals surface area contributed by atoms with Crippen molar-refractivity contribution in [2.45, 2.75) is 0 Å². The summed E-state index contributed by atoms with van der Waals surface area (Å²) in [6.45, 7) is 0. The van der Waals surface area contributed by atoms with Crippen LogP contribution in [0.25, 0.3) is 11.9 Å². The summed E-state index contributed by atoms with van der Waals surface area (Å²) in [6.07, 6.45) is 2.79. The average Bonchev–Trinajstić information content (AvgIpc) is 2.74. The topological polar surface area (TPSA) is 24.7 Å². The molecule has 1 heterocycles. The van der Waals surface area contributed by atoms with Crippen LogP contribution in [0.15, 0.2) is 22.2 Å². The van der Waals surface area contributed by atoms with Gasteiger partial charge in [-0.25, -0.2) is 0 Å². The molecule has 2 aliphatic rings. The molecule has 1 aromatic carbocycles. The average molecular weight is 188 g/mol. The number of halogens is 2. The zero-order chi connectivity index (χ0) is 9.71. The van der Waals surface area contributed by atoms with Crippen molar-refractivity contribution in [3.63, 3.8) is 0 Å². The summed E-state index contributed by atoms with van der Waals surface area (Å²) in [5, 5.41) is 7.85. The second-order valence-electron chi connectivity index (χ2n) is 3.12. The van der Waals surface area contributed by atoms with E-state index in [0.717, 1.165) is 0 Å². The number of benzene rings is 1. The fourth-order valence-corrected chi connectivity index (χ4v) is 1.65.